The van der Waals surface area contributed by atoms with Gasteiger partial charge in [-0.15, -0.1) is 0 Å². The normalized spacial score (nSPS) is 14.5. The maximum atomic E-state index is 11.1. The highest BCUT2D eigenvalue weighted by Gasteiger charge is 2.28. The van der Waals surface area contributed by atoms with Crippen LogP contribution in [0.1, 0.15) is 29.5 Å². The molecule has 6 heteroatoms. The number of hydrogen-bond acceptors (Lipinski definition) is 6. The molecule has 0 saturated heterocycles. The Kier molecular flexibility index (Phi) is 8.49. The Morgan fingerprint density at radius 2 is 1.39 bits per heavy atom. The molecule has 1 aliphatic carbocycles. The Morgan fingerprint density at radius 1 is 0.848 bits per heavy atom. The maximum Gasteiger partial charge on any atom is 0.161 e. The predicted octanol–water partition coefficient (Wildman–Crippen LogP) is 3.51. The molecule has 0 atom stereocenters. The Labute approximate surface area is 197 Å². The van der Waals surface area contributed by atoms with E-state index < -0.39 is 5.60 Å². The fourth-order valence-electron chi connectivity index (χ4n) is 4.11. The summed E-state index contributed by atoms with van der Waals surface area (Å²) in [5.41, 5.74) is 2.55. The average molecular weight is 454 g/mol. The van der Waals surface area contributed by atoms with Gasteiger partial charge in [0.25, 0.3) is 0 Å². The first kappa shape index (κ1) is 24.8. The first-order chi connectivity index (χ1) is 15.9. The molecule has 2 aromatic carbocycles. The van der Waals surface area contributed by atoms with Crippen molar-refractivity contribution in [2.24, 2.45) is 0 Å². The molecule has 0 radical (unpaired) electrons. The number of hydrogen-bond donors (Lipinski definition) is 1. The molecule has 2 aromatic rings. The second-order valence-corrected chi connectivity index (χ2v) is 8.52. The van der Waals surface area contributed by atoms with Gasteiger partial charge in [-0.25, -0.2) is 0 Å². The zero-order valence-electron chi connectivity index (χ0n) is 20.4. The third-order valence-electron chi connectivity index (χ3n) is 6.19. The van der Waals surface area contributed by atoms with Crippen molar-refractivity contribution < 1.29 is 24.1 Å². The highest BCUT2D eigenvalue weighted by molar-refractivity contribution is 5.48. The second-order valence-electron chi connectivity index (χ2n) is 8.52. The predicted molar refractivity (Wildman–Crippen MR) is 130 cm³/mol. The van der Waals surface area contributed by atoms with Gasteiger partial charge in [-0.3, -0.25) is 4.90 Å². The minimum atomic E-state index is -0.986. The number of ether oxygens (including phenoxy) is 4. The van der Waals surface area contributed by atoms with Crippen LogP contribution in [0.3, 0.4) is 0 Å². The molecule has 0 unspecified atom stereocenters. The summed E-state index contributed by atoms with van der Waals surface area (Å²) in [7, 11) is 8.64. The van der Waals surface area contributed by atoms with Gasteiger partial charge in [0, 0.05) is 12.6 Å². The van der Waals surface area contributed by atoms with Gasteiger partial charge < -0.3 is 24.1 Å². The number of benzene rings is 2. The average Bonchev–Trinajstić information content (AvgIpc) is 3.00. The van der Waals surface area contributed by atoms with Crippen LogP contribution >= 0.6 is 0 Å². The van der Waals surface area contributed by atoms with Gasteiger partial charge in [0.1, 0.15) is 17.1 Å². The van der Waals surface area contributed by atoms with Crippen molar-refractivity contribution in [3.63, 3.8) is 0 Å². The molecule has 178 valence electrons. The largest absolute Gasteiger partial charge is 0.497 e. The lowest BCUT2D eigenvalue weighted by Gasteiger charge is -2.20. The first-order valence-electron chi connectivity index (χ1n) is 11.3. The number of aliphatic hydroxyl groups is 1. The van der Waals surface area contributed by atoms with E-state index in [1.165, 1.54) is 11.1 Å². The van der Waals surface area contributed by atoms with Crippen molar-refractivity contribution in [3.8, 4) is 34.8 Å². The number of methoxy groups -OCH3 is 4. The molecule has 0 heterocycles. The third kappa shape index (κ3) is 6.56. The molecule has 0 aliphatic heterocycles. The lowest BCUT2D eigenvalue weighted by atomic mass is 9.94. The smallest absolute Gasteiger partial charge is 0.161 e. The summed E-state index contributed by atoms with van der Waals surface area (Å²) in [4.78, 5) is 2.16. The Hall–Kier alpha value is -2.88. The molecular weight excluding hydrogens is 418 g/mol. The van der Waals surface area contributed by atoms with Crippen molar-refractivity contribution in [1.82, 2.24) is 4.90 Å². The molecule has 0 saturated carbocycles. The van der Waals surface area contributed by atoms with Gasteiger partial charge >= 0.3 is 0 Å². The van der Waals surface area contributed by atoms with Crippen LogP contribution < -0.4 is 18.9 Å². The van der Waals surface area contributed by atoms with Crippen LogP contribution in [0.2, 0.25) is 0 Å². The Balaban J connectivity index is 1.57. The van der Waals surface area contributed by atoms with Gasteiger partial charge in [0.05, 0.1) is 35.0 Å². The van der Waals surface area contributed by atoms with Gasteiger partial charge in [-0.2, -0.15) is 0 Å². The summed E-state index contributed by atoms with van der Waals surface area (Å²) in [6.45, 7) is 1.44. The molecule has 0 bridgehead atoms. The van der Waals surface area contributed by atoms with Crippen LogP contribution in [-0.4, -0.2) is 64.2 Å². The number of likely N-dealkylation sites (N-methyl/N-ethyl adjacent to an activating group) is 1. The van der Waals surface area contributed by atoms with Crippen LogP contribution in [0, 0.1) is 11.8 Å². The second kappa shape index (κ2) is 11.3. The van der Waals surface area contributed by atoms with Gasteiger partial charge in [0.15, 0.2) is 11.5 Å². The SMILES string of the molecule is COc1cc(CCN(C)CC#CC2(O)CCc3cc(OC)c(OC)cc3CC2)cc(OC)c1. The van der Waals surface area contributed by atoms with Gasteiger partial charge in [-0.1, -0.05) is 11.8 Å². The summed E-state index contributed by atoms with van der Waals surface area (Å²) in [5, 5.41) is 11.1. The van der Waals surface area contributed by atoms with E-state index in [-0.39, 0.29) is 0 Å². The zero-order valence-corrected chi connectivity index (χ0v) is 20.4. The lowest BCUT2D eigenvalue weighted by molar-refractivity contribution is 0.0856. The van der Waals surface area contributed by atoms with Gasteiger partial charge in [-0.05, 0) is 80.1 Å². The number of fused-ring (bicyclic) bond motifs is 1. The molecule has 0 spiro atoms. The van der Waals surface area contributed by atoms with E-state index in [1.54, 1.807) is 28.4 Å². The van der Waals surface area contributed by atoms with Crippen LogP contribution in [0.15, 0.2) is 30.3 Å². The van der Waals surface area contributed by atoms with Crippen LogP contribution in [0.4, 0.5) is 0 Å². The fraction of sp³-hybridized carbons (Fsp3) is 0.481. The molecule has 0 amide bonds. The summed E-state index contributed by atoms with van der Waals surface area (Å²) in [6.07, 6.45) is 3.59. The van der Waals surface area contributed by atoms with E-state index in [0.717, 1.165) is 54.4 Å². The van der Waals surface area contributed by atoms with E-state index in [1.807, 2.05) is 37.4 Å². The van der Waals surface area contributed by atoms with E-state index in [2.05, 4.69) is 16.7 Å². The number of nitrogens with zero attached hydrogens (tertiary/aromatic N) is 1. The number of aryl methyl sites for hydroxylation is 2. The van der Waals surface area contributed by atoms with Crippen LogP contribution in [0.5, 0.6) is 23.0 Å². The molecule has 1 N–H and O–H groups in total. The quantitative estimate of drug-likeness (QED) is 0.488. The standard InChI is InChI=1S/C27H35NO5/c1-28(14-9-20-15-23(30-2)19-24(16-20)31-3)13-6-10-27(29)11-7-21-17-25(32-4)26(33-5)18-22(21)8-12-27/h15-19,29H,7-9,11-14H2,1-5H3. The highest BCUT2D eigenvalue weighted by atomic mass is 16.5. The Morgan fingerprint density at radius 3 is 1.88 bits per heavy atom. The van der Waals surface area contributed by atoms with Crippen molar-refractivity contribution >= 4 is 0 Å². The summed E-state index contributed by atoms with van der Waals surface area (Å²) in [6, 6.07) is 9.97. The van der Waals surface area contributed by atoms with Crippen molar-refractivity contribution in [1.29, 1.82) is 0 Å². The summed E-state index contributed by atoms with van der Waals surface area (Å²) >= 11 is 0. The molecule has 33 heavy (non-hydrogen) atoms. The third-order valence-corrected chi connectivity index (χ3v) is 6.19. The van der Waals surface area contributed by atoms with Crippen LogP contribution in [0.25, 0.3) is 0 Å². The summed E-state index contributed by atoms with van der Waals surface area (Å²) < 4.78 is 21.6. The molecule has 0 fully saturated rings. The van der Waals surface area contributed by atoms with E-state index >= 15 is 0 Å². The zero-order chi connectivity index (χ0) is 23.8. The summed E-state index contributed by atoms with van der Waals surface area (Å²) in [5.74, 6) is 9.39. The van der Waals surface area contributed by atoms with Gasteiger partial charge in [0.2, 0.25) is 0 Å². The van der Waals surface area contributed by atoms with E-state index in [9.17, 15) is 5.11 Å². The van der Waals surface area contributed by atoms with Crippen molar-refractivity contribution in [2.45, 2.75) is 37.7 Å². The van der Waals surface area contributed by atoms with Crippen LogP contribution in [-0.2, 0) is 19.3 Å². The molecule has 1 aliphatic rings. The lowest BCUT2D eigenvalue weighted by Crippen LogP contribution is -2.28. The Bertz CT molecular complexity index is 950. The monoisotopic (exact) mass is 453 g/mol. The van der Waals surface area contributed by atoms with Crippen molar-refractivity contribution in [2.75, 3.05) is 48.6 Å². The maximum absolute atomic E-state index is 11.1. The molecule has 3 rings (SSSR count). The fourth-order valence-corrected chi connectivity index (χ4v) is 4.11. The van der Waals surface area contributed by atoms with E-state index in [0.29, 0.717) is 19.4 Å². The topological polar surface area (TPSA) is 60.4 Å². The highest BCUT2D eigenvalue weighted by Crippen LogP contribution is 2.35. The molecule has 0 aromatic heterocycles. The molecule has 6 nitrogen and oxygen atoms in total. The first-order valence-corrected chi connectivity index (χ1v) is 11.3. The van der Waals surface area contributed by atoms with E-state index in [4.69, 9.17) is 18.9 Å². The minimum absolute atomic E-state index is 0.595. The molecular formula is C27H35NO5. The van der Waals surface area contributed by atoms with Crippen molar-refractivity contribution in [3.05, 3.63) is 47.0 Å². The number of rotatable bonds is 8. The minimum Gasteiger partial charge on any atom is -0.497 e.